The maximum Gasteiger partial charge on any atom is 0.389 e. The highest BCUT2D eigenvalue weighted by molar-refractivity contribution is 7.92. The molecule has 0 amide bonds. The number of alkyl halides is 3. The molecule has 4 N–H and O–H groups in total. The number of nitrogen functional groups attached to an aromatic ring is 1. The first-order valence-corrected chi connectivity index (χ1v) is 15.6. The zero-order chi connectivity index (χ0) is 32.3. The molecule has 1 aliphatic heterocycles. The van der Waals surface area contributed by atoms with Crippen LogP contribution < -0.4 is 10.5 Å². The number of aliphatic hydroxyl groups is 1. The first-order valence-electron chi connectivity index (χ1n) is 14.1. The highest BCUT2D eigenvalue weighted by atomic mass is 32.2. The summed E-state index contributed by atoms with van der Waals surface area (Å²) in [4.78, 5) is 17.6. The van der Waals surface area contributed by atoms with E-state index in [2.05, 4.69) is 9.71 Å². The maximum absolute atomic E-state index is 13.7. The lowest BCUT2D eigenvalue weighted by molar-refractivity contribution is -0.174. The topological polar surface area (TPSA) is 132 Å². The van der Waals surface area contributed by atoms with E-state index in [1.165, 1.54) is 24.4 Å². The molecule has 2 atom stereocenters. The van der Waals surface area contributed by atoms with Gasteiger partial charge in [0.15, 0.2) is 5.03 Å². The second-order valence-electron chi connectivity index (χ2n) is 12.2. The summed E-state index contributed by atoms with van der Waals surface area (Å²) in [6, 6.07) is 18.2. The van der Waals surface area contributed by atoms with Gasteiger partial charge in [-0.15, -0.1) is 0 Å². The fourth-order valence-corrected chi connectivity index (χ4v) is 6.50. The highest BCUT2D eigenvalue weighted by Crippen LogP contribution is 2.48. The van der Waals surface area contributed by atoms with Crippen LogP contribution in [0.3, 0.4) is 0 Å². The van der Waals surface area contributed by atoms with Crippen LogP contribution in [0.2, 0.25) is 0 Å². The SMILES string of the molecule is CC(C)(C)C(C1=C(O)C[C@](CCc2ccccc2)(CCC(F)(F)F)OC1=O)c1cccc(NS(=O)(=O)c2ccc(N)cn2)c1. The van der Waals surface area contributed by atoms with Crippen LogP contribution in [0.4, 0.5) is 24.5 Å². The van der Waals surface area contributed by atoms with Gasteiger partial charge in [-0.2, -0.15) is 21.6 Å². The molecule has 0 saturated carbocycles. The molecule has 1 aliphatic rings. The molecule has 0 spiro atoms. The summed E-state index contributed by atoms with van der Waals surface area (Å²) in [5, 5.41) is 11.1. The Morgan fingerprint density at radius 1 is 1.05 bits per heavy atom. The second kappa shape index (κ2) is 12.5. The number of sulfonamides is 1. The van der Waals surface area contributed by atoms with Crippen molar-refractivity contribution in [1.82, 2.24) is 4.98 Å². The minimum atomic E-state index is -4.48. The number of nitrogens with two attached hydrogens (primary N) is 1. The average Bonchev–Trinajstić information content (AvgIpc) is 2.92. The van der Waals surface area contributed by atoms with E-state index in [9.17, 15) is 31.5 Å². The number of carbonyl (C=O) groups excluding carboxylic acids is 1. The van der Waals surface area contributed by atoms with Crippen LogP contribution in [0.15, 0.2) is 89.3 Å². The number of ether oxygens (including phenoxy) is 1. The largest absolute Gasteiger partial charge is 0.512 e. The van der Waals surface area contributed by atoms with Crippen molar-refractivity contribution in [2.45, 2.75) is 75.6 Å². The number of carbonyl (C=O) groups is 1. The van der Waals surface area contributed by atoms with Crippen LogP contribution in [0.1, 0.15) is 63.5 Å². The van der Waals surface area contributed by atoms with Gasteiger partial charge in [-0.05, 0) is 60.1 Å². The number of esters is 1. The Morgan fingerprint density at radius 3 is 2.34 bits per heavy atom. The molecule has 2 heterocycles. The van der Waals surface area contributed by atoms with Crippen LogP contribution in [0.5, 0.6) is 0 Å². The van der Waals surface area contributed by atoms with Crippen molar-refractivity contribution in [3.8, 4) is 0 Å². The summed E-state index contributed by atoms with van der Waals surface area (Å²) in [6.07, 6.45) is -4.77. The number of pyridine rings is 1. The van der Waals surface area contributed by atoms with Crippen molar-refractivity contribution in [2.24, 2.45) is 5.41 Å². The van der Waals surface area contributed by atoms with Gasteiger partial charge in [0.1, 0.15) is 11.4 Å². The van der Waals surface area contributed by atoms with Crippen LogP contribution in [0, 0.1) is 5.41 Å². The molecule has 0 radical (unpaired) electrons. The zero-order valence-corrected chi connectivity index (χ0v) is 25.5. The van der Waals surface area contributed by atoms with Crippen molar-refractivity contribution >= 4 is 27.4 Å². The van der Waals surface area contributed by atoms with E-state index in [4.69, 9.17) is 10.5 Å². The van der Waals surface area contributed by atoms with Crippen LogP contribution in [-0.4, -0.2) is 36.3 Å². The van der Waals surface area contributed by atoms with Crippen LogP contribution >= 0.6 is 0 Å². The molecule has 0 fully saturated rings. The average molecular weight is 632 g/mol. The number of halogens is 3. The zero-order valence-electron chi connectivity index (χ0n) is 24.7. The van der Waals surface area contributed by atoms with E-state index < -0.39 is 51.9 Å². The number of hydrogen-bond donors (Lipinski definition) is 3. The first kappa shape index (κ1) is 32.8. The fraction of sp³-hybridized carbons (Fsp3) is 0.375. The van der Waals surface area contributed by atoms with Crippen LogP contribution in [-0.2, 0) is 26.0 Å². The van der Waals surface area contributed by atoms with Gasteiger partial charge in [0.05, 0.1) is 17.5 Å². The molecule has 3 aromatic rings. The molecule has 0 bridgehead atoms. The number of benzene rings is 2. The number of anilines is 2. The van der Waals surface area contributed by atoms with Crippen molar-refractivity contribution < 1.29 is 36.2 Å². The monoisotopic (exact) mass is 631 g/mol. The van der Waals surface area contributed by atoms with E-state index in [0.717, 1.165) is 5.56 Å². The number of aliphatic hydroxyl groups excluding tert-OH is 1. The number of aromatic nitrogens is 1. The predicted octanol–water partition coefficient (Wildman–Crippen LogP) is 7.07. The Kier molecular flexibility index (Phi) is 9.34. The van der Waals surface area contributed by atoms with E-state index in [1.807, 2.05) is 51.1 Å². The fourth-order valence-electron chi connectivity index (χ4n) is 5.52. The van der Waals surface area contributed by atoms with Gasteiger partial charge in [-0.25, -0.2) is 9.78 Å². The smallest absolute Gasteiger partial charge is 0.389 e. The predicted molar refractivity (Wildman–Crippen MR) is 161 cm³/mol. The molecular formula is C32H36F3N3O5S. The van der Waals surface area contributed by atoms with Gasteiger partial charge in [-0.1, -0.05) is 63.2 Å². The quantitative estimate of drug-likeness (QED) is 0.204. The van der Waals surface area contributed by atoms with Crippen molar-refractivity contribution in [3.05, 3.63) is 95.4 Å². The summed E-state index contributed by atoms with van der Waals surface area (Å²) < 4.78 is 74.2. The van der Waals surface area contributed by atoms with E-state index in [-0.39, 0.29) is 34.9 Å². The van der Waals surface area contributed by atoms with Crippen molar-refractivity contribution in [1.29, 1.82) is 0 Å². The molecule has 1 unspecified atom stereocenters. The van der Waals surface area contributed by atoms with Crippen LogP contribution in [0.25, 0.3) is 0 Å². The Morgan fingerprint density at radius 2 is 1.75 bits per heavy atom. The summed E-state index contributed by atoms with van der Waals surface area (Å²) in [5.74, 6) is -2.03. The second-order valence-corrected chi connectivity index (χ2v) is 13.8. The molecule has 1 aromatic heterocycles. The van der Waals surface area contributed by atoms with Gasteiger partial charge in [-0.3, -0.25) is 4.72 Å². The molecule has 44 heavy (non-hydrogen) atoms. The van der Waals surface area contributed by atoms with E-state index in [1.54, 1.807) is 18.2 Å². The van der Waals surface area contributed by atoms with Gasteiger partial charge in [0, 0.05) is 24.4 Å². The normalized spacial score (nSPS) is 18.5. The third-order valence-corrected chi connectivity index (χ3v) is 8.86. The summed E-state index contributed by atoms with van der Waals surface area (Å²) in [5.41, 5.74) is 5.13. The minimum Gasteiger partial charge on any atom is -0.512 e. The number of hydrogen-bond acceptors (Lipinski definition) is 7. The van der Waals surface area contributed by atoms with Crippen molar-refractivity contribution in [3.63, 3.8) is 0 Å². The molecule has 12 heteroatoms. The lowest BCUT2D eigenvalue weighted by atomic mass is 9.70. The van der Waals surface area contributed by atoms with Gasteiger partial charge >= 0.3 is 12.1 Å². The van der Waals surface area contributed by atoms with Crippen molar-refractivity contribution in [2.75, 3.05) is 10.5 Å². The molecule has 4 rings (SSSR count). The molecular weight excluding hydrogens is 595 g/mol. The third-order valence-electron chi connectivity index (χ3n) is 7.57. The lowest BCUT2D eigenvalue weighted by Crippen LogP contribution is -2.43. The summed E-state index contributed by atoms with van der Waals surface area (Å²) in [6.45, 7) is 5.50. The van der Waals surface area contributed by atoms with E-state index >= 15 is 0 Å². The number of cyclic esters (lactones) is 1. The molecule has 236 valence electrons. The minimum absolute atomic E-state index is 0.0694. The molecule has 0 aliphatic carbocycles. The van der Waals surface area contributed by atoms with Gasteiger partial charge in [0.2, 0.25) is 0 Å². The Hall–Kier alpha value is -4.06. The maximum atomic E-state index is 13.7. The Labute approximate surface area is 255 Å². The third kappa shape index (κ3) is 8.10. The number of nitrogens with one attached hydrogen (secondary N) is 1. The number of nitrogens with zero attached hydrogens (tertiary/aromatic N) is 1. The highest BCUT2D eigenvalue weighted by Gasteiger charge is 2.47. The molecule has 2 aromatic carbocycles. The van der Waals surface area contributed by atoms with E-state index in [0.29, 0.717) is 17.7 Å². The first-order chi connectivity index (χ1) is 20.5. The summed E-state index contributed by atoms with van der Waals surface area (Å²) in [7, 11) is -4.08. The van der Waals surface area contributed by atoms with Gasteiger partial charge in [0.25, 0.3) is 10.0 Å². The molecule has 0 saturated heterocycles. The standard InChI is InChI=1S/C32H36F3N3O5S/c1-30(2,3)28(22-10-7-11-24(18-22)38-44(41,42)26-13-12-23(36)20-37-26)27-25(39)19-31(43-29(27)40,16-17-32(33,34)35)15-14-21-8-5-4-6-9-21/h4-13,18,20,28,38-39H,14-17,19,36H2,1-3H3/t28?,31-/m0/s1. The Balaban J connectivity index is 1.68. The summed E-state index contributed by atoms with van der Waals surface area (Å²) >= 11 is 0. The Bertz CT molecular complexity index is 1620. The number of rotatable bonds is 10. The van der Waals surface area contributed by atoms with Gasteiger partial charge < -0.3 is 15.6 Å². The lowest BCUT2D eigenvalue weighted by Gasteiger charge is -2.41. The molecule has 8 nitrogen and oxygen atoms in total. The number of aryl methyl sites for hydroxylation is 1.